The van der Waals surface area contributed by atoms with E-state index in [9.17, 15) is 5.11 Å². The minimum atomic E-state index is 0.00637. The van der Waals surface area contributed by atoms with Gasteiger partial charge in [-0.15, -0.1) is 0 Å². The number of aliphatic hydroxyl groups is 1. The van der Waals surface area contributed by atoms with Gasteiger partial charge in [0.1, 0.15) is 0 Å². The topological polar surface area (TPSA) is 83.4 Å². The molecule has 19 aromatic carbocycles. The smallest absolute Gasteiger partial charge is 0.0681 e. The van der Waals surface area contributed by atoms with Gasteiger partial charge in [0.2, 0.25) is 0 Å². The van der Waals surface area contributed by atoms with E-state index < -0.39 is 0 Å². The van der Waals surface area contributed by atoms with Gasteiger partial charge < -0.3 is 33.5 Å². The molecular weight excluding hydrogens is 1720 g/mol. The van der Waals surface area contributed by atoms with Crippen molar-refractivity contribution in [3.63, 3.8) is 0 Å². The monoisotopic (exact) mass is 1810 g/mol. The van der Waals surface area contributed by atoms with Crippen LogP contribution in [-0.2, 0) is 6.61 Å². The van der Waals surface area contributed by atoms with Crippen LogP contribution in [0, 0.1) is 6.92 Å². The first-order valence-corrected chi connectivity index (χ1v) is 47.7. The van der Waals surface area contributed by atoms with E-state index in [4.69, 9.17) is 0 Å². The Labute approximate surface area is 819 Å². The van der Waals surface area contributed by atoms with Crippen molar-refractivity contribution < 1.29 is 5.11 Å². The quantitative estimate of drug-likeness (QED) is 0.0814. The number of para-hydroxylation sites is 4. The molecule has 6 heterocycles. The molecule has 0 aliphatic rings. The number of aliphatic hydroxyl groups excluding tert-OH is 1. The van der Waals surface area contributed by atoms with Gasteiger partial charge in [0, 0.05) is 121 Å². The van der Waals surface area contributed by atoms with E-state index in [1.165, 1.54) is 93.4 Å². The summed E-state index contributed by atoms with van der Waals surface area (Å²) in [6.07, 6.45) is 11.1. The van der Waals surface area contributed by atoms with Crippen molar-refractivity contribution in [2.24, 2.45) is 0 Å². The maximum absolute atomic E-state index is 9.80. The molecular formula is C131H95N9O. The van der Waals surface area contributed by atoms with E-state index in [2.05, 4.69) is 517 Å². The molecule has 1 N–H and O–H groups in total. The SMILES string of the molecule is Cc1ccc(N(c2cccc(-c3ccccc3)c2)c2cccc3c2c2ccccc2n3-c2ccc(-c3cccnc3)cc2)cc1.OCc1ccc(N(c2cccc(-c3ccccc3)c2)c2cccc3c2c2ccccc2n3-c2ccc(-c3cccnc3)cc2)cc1.c1ccc(-c2cc(-c3ccccc3)cc(N(c3ccccc3)c3cccc4c3c3ccccc3n4-c3ccc(-c4cccnc4)cc3)c2)cc1. The third kappa shape index (κ3) is 17.3. The molecule has 25 rings (SSSR count). The maximum atomic E-state index is 9.80. The molecule has 0 unspecified atom stereocenters. The summed E-state index contributed by atoms with van der Waals surface area (Å²) in [7, 11) is 0. The predicted molar refractivity (Wildman–Crippen MR) is 588 cm³/mol. The summed E-state index contributed by atoms with van der Waals surface area (Å²) < 4.78 is 7.13. The molecule has 0 bridgehead atoms. The molecule has 6 aromatic heterocycles. The number of aryl methyl sites for hydroxylation is 1. The molecule has 10 heteroatoms. The number of fused-ring (bicyclic) bond motifs is 9. The van der Waals surface area contributed by atoms with Gasteiger partial charge in [-0.3, -0.25) is 15.0 Å². The number of anilines is 9. The molecule has 141 heavy (non-hydrogen) atoms. The van der Waals surface area contributed by atoms with Crippen LogP contribution in [0.5, 0.6) is 0 Å². The first kappa shape index (κ1) is 86.5. The fraction of sp³-hybridized carbons (Fsp3) is 0.0153. The number of rotatable bonds is 20. The summed E-state index contributed by atoms with van der Waals surface area (Å²) in [5.41, 5.74) is 38.4. The standard InChI is InChI=1S/C47H33N3.C42H31N3O.C42H31N3/c1-4-14-34(15-5-1)38-30-39(35-16-6-2-7-17-35)32-42(31-38)49(40-19-8-3-9-20-40)45-23-12-24-46-47(45)43-21-10-11-22-44(43)50(46)41-27-25-36(26-28-41)37-18-13-29-48-33-37;46-29-30-18-22-35(23-19-30)44(37-13-6-11-33(27-37)31-9-2-1-3-10-31)40-16-7-17-41-42(40)38-14-4-5-15-39(38)45(41)36-24-20-32(21-25-36)34-12-8-26-43-28-34;1-30-19-23-35(24-20-30)44(37-14-7-12-33(28-37)31-10-3-2-4-11-31)40-17-8-18-41-42(40)38-15-5-6-16-39(38)45(41)36-25-21-32(22-26-36)34-13-9-27-43-29-34/h1-33H;1-28,46H,29H2;2-29H,1H3. The fourth-order valence-electron chi connectivity index (χ4n) is 20.0. The van der Waals surface area contributed by atoms with Crippen LogP contribution in [0.4, 0.5) is 51.2 Å². The van der Waals surface area contributed by atoms with Crippen LogP contribution >= 0.6 is 0 Å². The Morgan fingerprint density at radius 2 is 0.461 bits per heavy atom. The molecule has 0 amide bonds. The Bertz CT molecular complexity index is 8650. The highest BCUT2D eigenvalue weighted by atomic mass is 16.3. The Morgan fingerprint density at radius 3 is 0.801 bits per heavy atom. The molecule has 10 nitrogen and oxygen atoms in total. The van der Waals surface area contributed by atoms with E-state index in [-0.39, 0.29) is 6.61 Å². The van der Waals surface area contributed by atoms with E-state index in [1.54, 1.807) is 6.20 Å². The van der Waals surface area contributed by atoms with Crippen LogP contribution in [0.3, 0.4) is 0 Å². The third-order valence-electron chi connectivity index (χ3n) is 26.6. The van der Waals surface area contributed by atoms with Crippen molar-refractivity contribution in [3.8, 4) is 95.0 Å². The average Bonchev–Trinajstić information content (AvgIpc) is 1.59. The molecule has 0 saturated heterocycles. The van der Waals surface area contributed by atoms with Crippen LogP contribution in [0.25, 0.3) is 160 Å². The molecule has 0 aliphatic heterocycles. The summed E-state index contributed by atoms with van der Waals surface area (Å²) in [5, 5.41) is 17.0. The van der Waals surface area contributed by atoms with Gasteiger partial charge in [-0.25, -0.2) is 0 Å². The van der Waals surface area contributed by atoms with Crippen molar-refractivity contribution in [3.05, 3.63) is 552 Å². The molecule has 0 spiro atoms. The van der Waals surface area contributed by atoms with Crippen molar-refractivity contribution in [2.75, 3.05) is 14.7 Å². The second-order valence-electron chi connectivity index (χ2n) is 35.3. The number of benzene rings is 19. The molecule has 0 atom stereocenters. The van der Waals surface area contributed by atoms with E-state index in [1.807, 2.05) is 67.4 Å². The van der Waals surface area contributed by atoms with Crippen molar-refractivity contribution in [2.45, 2.75) is 13.5 Å². The summed E-state index contributed by atoms with van der Waals surface area (Å²) in [6.45, 7) is 2.14. The lowest BCUT2D eigenvalue weighted by atomic mass is 9.97. The van der Waals surface area contributed by atoms with Gasteiger partial charge in [0.05, 0.1) is 56.8 Å². The lowest BCUT2D eigenvalue weighted by Gasteiger charge is -2.28. The highest BCUT2D eigenvalue weighted by Crippen LogP contribution is 2.51. The normalized spacial score (nSPS) is 11.2. The maximum Gasteiger partial charge on any atom is 0.0681 e. The molecule has 0 aliphatic carbocycles. The van der Waals surface area contributed by atoms with Gasteiger partial charge in [0.25, 0.3) is 0 Å². The minimum absolute atomic E-state index is 0.00637. The van der Waals surface area contributed by atoms with Crippen LogP contribution in [0.1, 0.15) is 11.1 Å². The zero-order valence-electron chi connectivity index (χ0n) is 77.6. The van der Waals surface area contributed by atoms with Crippen molar-refractivity contribution in [1.29, 1.82) is 0 Å². The number of nitrogens with zero attached hydrogens (tertiary/aromatic N) is 9. The predicted octanol–water partition coefficient (Wildman–Crippen LogP) is 34.4. The highest BCUT2D eigenvalue weighted by molar-refractivity contribution is 6.20. The summed E-state index contributed by atoms with van der Waals surface area (Å²) in [6, 6.07) is 179. The second kappa shape index (κ2) is 39.0. The summed E-state index contributed by atoms with van der Waals surface area (Å²) in [5.74, 6) is 0. The van der Waals surface area contributed by atoms with Gasteiger partial charge >= 0.3 is 0 Å². The Morgan fingerprint density at radius 1 is 0.199 bits per heavy atom. The Balaban J connectivity index is 0.000000118. The average molecular weight is 1810 g/mol. The molecule has 25 aromatic rings. The van der Waals surface area contributed by atoms with Gasteiger partial charge in [-0.1, -0.05) is 321 Å². The molecule has 0 fully saturated rings. The number of aromatic nitrogens is 6. The molecule has 0 radical (unpaired) electrons. The van der Waals surface area contributed by atoms with E-state index in [0.29, 0.717) is 0 Å². The van der Waals surface area contributed by atoms with E-state index >= 15 is 0 Å². The summed E-state index contributed by atoms with van der Waals surface area (Å²) >= 11 is 0. The Hall–Kier alpha value is -18.6. The minimum Gasteiger partial charge on any atom is -0.392 e. The van der Waals surface area contributed by atoms with Gasteiger partial charge in [-0.2, -0.15) is 0 Å². The number of pyridine rings is 3. The largest absolute Gasteiger partial charge is 0.392 e. The first-order chi connectivity index (χ1) is 69.8. The van der Waals surface area contributed by atoms with Crippen LogP contribution < -0.4 is 14.7 Å². The zero-order chi connectivity index (χ0) is 94.3. The lowest BCUT2D eigenvalue weighted by molar-refractivity contribution is 0.282. The fourth-order valence-corrected chi connectivity index (χ4v) is 20.0. The highest BCUT2D eigenvalue weighted by Gasteiger charge is 2.27. The van der Waals surface area contributed by atoms with Gasteiger partial charge in [-0.05, 0) is 278 Å². The van der Waals surface area contributed by atoms with Crippen LogP contribution in [0.15, 0.2) is 541 Å². The van der Waals surface area contributed by atoms with E-state index in [0.717, 1.165) is 129 Å². The zero-order valence-corrected chi connectivity index (χ0v) is 77.6. The van der Waals surface area contributed by atoms with Crippen LogP contribution in [0.2, 0.25) is 0 Å². The first-order valence-electron chi connectivity index (χ1n) is 47.7. The molecule has 0 saturated carbocycles. The summed E-state index contributed by atoms with van der Waals surface area (Å²) in [4.78, 5) is 20.1. The van der Waals surface area contributed by atoms with Crippen LogP contribution in [-0.4, -0.2) is 33.8 Å². The second-order valence-corrected chi connectivity index (χ2v) is 35.3. The van der Waals surface area contributed by atoms with Gasteiger partial charge in [0.15, 0.2) is 0 Å². The lowest BCUT2D eigenvalue weighted by Crippen LogP contribution is -2.10. The number of hydrogen-bond acceptors (Lipinski definition) is 7. The number of hydrogen-bond donors (Lipinski definition) is 1. The third-order valence-corrected chi connectivity index (χ3v) is 26.6. The molecule has 670 valence electrons. The van der Waals surface area contributed by atoms with Crippen molar-refractivity contribution in [1.82, 2.24) is 28.7 Å². The Kier molecular flexibility index (Phi) is 23.9. The van der Waals surface area contributed by atoms with Crippen molar-refractivity contribution >= 4 is 117 Å².